The molecule has 2 saturated heterocycles. The van der Waals surface area contributed by atoms with E-state index in [0.717, 1.165) is 6.42 Å². The Hall–Kier alpha value is -0.830. The highest BCUT2D eigenvalue weighted by atomic mass is 16.6. The highest BCUT2D eigenvalue weighted by molar-refractivity contribution is 5.75. The minimum atomic E-state index is 0.0739. The van der Waals surface area contributed by atoms with Gasteiger partial charge in [0.25, 0.3) is 0 Å². The van der Waals surface area contributed by atoms with E-state index >= 15 is 0 Å². The molecule has 8 atom stereocenters. The number of rotatable bonds is 2. The average Bonchev–Trinajstić information content (AvgIpc) is 2.89. The lowest BCUT2D eigenvalue weighted by atomic mass is 9.49. The molecule has 0 aromatic heterocycles. The number of nitrogens with zero attached hydrogens (tertiary/aromatic N) is 1. The molecule has 2 heterocycles. The SMILES string of the molecule is C[C@@H]1OC(=O)[C@H]2C[C@H]3CCCC[C@]3(C)[C@@H](C=C[C@H]3CCC[C@H](C)N3C)[C@@H]12. The van der Waals surface area contributed by atoms with Gasteiger partial charge in [0, 0.05) is 18.0 Å². The van der Waals surface area contributed by atoms with E-state index in [9.17, 15) is 4.79 Å². The number of hydrogen-bond donors (Lipinski definition) is 0. The fourth-order valence-electron chi connectivity index (χ4n) is 6.82. The fraction of sp³-hybridized carbons (Fsp3) is 0.870. The molecule has 146 valence electrons. The summed E-state index contributed by atoms with van der Waals surface area (Å²) in [6.45, 7) is 7.00. The number of ether oxygens (including phenoxy) is 1. The van der Waals surface area contributed by atoms with Crippen LogP contribution in [-0.4, -0.2) is 36.1 Å². The van der Waals surface area contributed by atoms with Crippen LogP contribution in [0.5, 0.6) is 0 Å². The van der Waals surface area contributed by atoms with Crippen molar-refractivity contribution in [2.75, 3.05) is 7.05 Å². The second-order valence-corrected chi connectivity index (χ2v) is 9.93. The normalized spacial score (nSPS) is 49.7. The molecular formula is C23H37NO2. The summed E-state index contributed by atoms with van der Waals surface area (Å²) >= 11 is 0. The maximum Gasteiger partial charge on any atom is 0.309 e. The molecule has 0 aromatic carbocycles. The number of carbonyl (C=O) groups excluding carboxylic acids is 1. The Labute approximate surface area is 159 Å². The number of fused-ring (bicyclic) bond motifs is 2. The third-order valence-electron chi connectivity index (χ3n) is 8.66. The highest BCUT2D eigenvalue weighted by Gasteiger charge is 2.58. The summed E-state index contributed by atoms with van der Waals surface area (Å²) in [6.07, 6.45) is 15.4. The Bertz CT molecular complexity index is 573. The first-order valence-electron chi connectivity index (χ1n) is 11.0. The lowest BCUT2D eigenvalue weighted by Crippen LogP contribution is -2.50. The fourth-order valence-corrected chi connectivity index (χ4v) is 6.82. The number of esters is 1. The van der Waals surface area contributed by atoms with Gasteiger partial charge in [0.2, 0.25) is 0 Å². The van der Waals surface area contributed by atoms with E-state index in [1.165, 1.54) is 44.9 Å². The minimum absolute atomic E-state index is 0.0739. The zero-order chi connectivity index (χ0) is 18.5. The van der Waals surface area contributed by atoms with Gasteiger partial charge in [-0.2, -0.15) is 0 Å². The van der Waals surface area contributed by atoms with Crippen molar-refractivity contribution in [2.45, 2.75) is 90.3 Å². The molecule has 4 fully saturated rings. The van der Waals surface area contributed by atoms with E-state index in [1.807, 2.05) is 0 Å². The van der Waals surface area contributed by atoms with E-state index in [1.54, 1.807) is 0 Å². The molecule has 0 N–H and O–H groups in total. The molecule has 0 unspecified atom stereocenters. The van der Waals surface area contributed by atoms with Crippen molar-refractivity contribution in [2.24, 2.45) is 29.1 Å². The number of likely N-dealkylation sites (N-methyl/N-ethyl adjacent to an activating group) is 1. The summed E-state index contributed by atoms with van der Waals surface area (Å²) < 4.78 is 5.74. The maximum absolute atomic E-state index is 12.5. The predicted molar refractivity (Wildman–Crippen MR) is 105 cm³/mol. The van der Waals surface area contributed by atoms with Crippen LogP contribution in [-0.2, 0) is 9.53 Å². The van der Waals surface area contributed by atoms with Crippen molar-refractivity contribution in [1.29, 1.82) is 0 Å². The van der Waals surface area contributed by atoms with Gasteiger partial charge >= 0.3 is 5.97 Å². The van der Waals surface area contributed by atoms with E-state index in [4.69, 9.17) is 4.74 Å². The highest BCUT2D eigenvalue weighted by Crippen LogP contribution is 2.60. The molecule has 0 bridgehead atoms. The summed E-state index contributed by atoms with van der Waals surface area (Å²) in [4.78, 5) is 15.0. The Morgan fingerprint density at radius 2 is 1.92 bits per heavy atom. The Morgan fingerprint density at radius 1 is 1.12 bits per heavy atom. The van der Waals surface area contributed by atoms with E-state index in [2.05, 4.69) is 44.9 Å². The van der Waals surface area contributed by atoms with Crippen LogP contribution >= 0.6 is 0 Å². The van der Waals surface area contributed by atoms with Crippen LogP contribution in [0.25, 0.3) is 0 Å². The van der Waals surface area contributed by atoms with E-state index in [0.29, 0.717) is 35.3 Å². The van der Waals surface area contributed by atoms with Gasteiger partial charge in [0.15, 0.2) is 0 Å². The summed E-state index contributed by atoms with van der Waals surface area (Å²) in [5.41, 5.74) is 0.344. The zero-order valence-electron chi connectivity index (χ0n) is 17.1. The summed E-state index contributed by atoms with van der Waals surface area (Å²) in [5.74, 6) is 1.77. The van der Waals surface area contributed by atoms with E-state index < -0.39 is 0 Å². The van der Waals surface area contributed by atoms with Gasteiger partial charge in [-0.05, 0) is 70.3 Å². The van der Waals surface area contributed by atoms with E-state index in [-0.39, 0.29) is 18.0 Å². The van der Waals surface area contributed by atoms with Crippen molar-refractivity contribution < 1.29 is 9.53 Å². The monoisotopic (exact) mass is 359 g/mol. The number of likely N-dealkylation sites (tertiary alicyclic amines) is 1. The predicted octanol–water partition coefficient (Wildman–Crippen LogP) is 4.81. The third kappa shape index (κ3) is 2.95. The van der Waals surface area contributed by atoms with Crippen molar-refractivity contribution >= 4 is 5.97 Å². The van der Waals surface area contributed by atoms with Gasteiger partial charge in [-0.3, -0.25) is 9.69 Å². The molecule has 4 rings (SSSR count). The third-order valence-corrected chi connectivity index (χ3v) is 8.66. The molecule has 2 aliphatic carbocycles. The smallest absolute Gasteiger partial charge is 0.309 e. The van der Waals surface area contributed by atoms with Gasteiger partial charge in [0.05, 0.1) is 5.92 Å². The van der Waals surface area contributed by atoms with Gasteiger partial charge < -0.3 is 4.74 Å². The quantitative estimate of drug-likeness (QED) is 0.523. The molecule has 0 amide bonds. The van der Waals surface area contributed by atoms with Crippen molar-refractivity contribution in [1.82, 2.24) is 4.90 Å². The molecule has 4 aliphatic rings. The molecule has 0 spiro atoms. The van der Waals surface area contributed by atoms with Crippen LogP contribution < -0.4 is 0 Å². The molecule has 0 radical (unpaired) electrons. The molecule has 2 saturated carbocycles. The van der Waals surface area contributed by atoms with Crippen molar-refractivity contribution in [3.63, 3.8) is 0 Å². The van der Waals surface area contributed by atoms with Crippen molar-refractivity contribution in [3.05, 3.63) is 12.2 Å². The first-order valence-corrected chi connectivity index (χ1v) is 11.0. The minimum Gasteiger partial charge on any atom is -0.462 e. The second-order valence-electron chi connectivity index (χ2n) is 9.93. The van der Waals surface area contributed by atoms with Crippen LogP contribution in [0.2, 0.25) is 0 Å². The standard InChI is InChI=1S/C23H37NO2/c1-15-8-7-10-18(24(15)4)11-12-20-21-16(2)26-22(25)19(21)14-17-9-5-6-13-23(17,20)3/h11-12,15-21H,5-10,13-14H2,1-4H3/t15-,16-,17+,18+,19-,20-,21-,23-/m0/s1. The summed E-state index contributed by atoms with van der Waals surface area (Å²) in [6, 6.07) is 1.23. The Morgan fingerprint density at radius 3 is 2.73 bits per heavy atom. The lowest BCUT2D eigenvalue weighted by molar-refractivity contribution is -0.144. The maximum atomic E-state index is 12.5. The van der Waals surface area contributed by atoms with Crippen LogP contribution in [0, 0.1) is 29.1 Å². The number of piperidine rings is 1. The molecular weight excluding hydrogens is 322 g/mol. The van der Waals surface area contributed by atoms with Crippen LogP contribution in [0.15, 0.2) is 12.2 Å². The van der Waals surface area contributed by atoms with Crippen LogP contribution in [0.1, 0.15) is 72.1 Å². The number of allylic oxidation sites excluding steroid dienone is 1. The van der Waals surface area contributed by atoms with Crippen LogP contribution in [0.4, 0.5) is 0 Å². The molecule has 3 heteroatoms. The molecule has 3 nitrogen and oxygen atoms in total. The Balaban J connectivity index is 1.63. The summed E-state index contributed by atoms with van der Waals surface area (Å²) in [5, 5.41) is 0. The largest absolute Gasteiger partial charge is 0.462 e. The zero-order valence-corrected chi connectivity index (χ0v) is 17.1. The molecule has 26 heavy (non-hydrogen) atoms. The topological polar surface area (TPSA) is 29.5 Å². The first kappa shape index (κ1) is 18.5. The van der Waals surface area contributed by atoms with Gasteiger partial charge in [-0.25, -0.2) is 0 Å². The van der Waals surface area contributed by atoms with Gasteiger partial charge in [0.1, 0.15) is 6.10 Å². The molecule has 0 aromatic rings. The first-order chi connectivity index (χ1) is 12.4. The number of cyclic esters (lactones) is 1. The van der Waals surface area contributed by atoms with Gasteiger partial charge in [-0.15, -0.1) is 0 Å². The van der Waals surface area contributed by atoms with Crippen molar-refractivity contribution in [3.8, 4) is 0 Å². The number of carbonyl (C=O) groups is 1. The Kier molecular flexibility index (Phi) is 4.96. The van der Waals surface area contributed by atoms with Gasteiger partial charge in [-0.1, -0.05) is 38.3 Å². The molecule has 2 aliphatic heterocycles. The summed E-state index contributed by atoms with van der Waals surface area (Å²) in [7, 11) is 2.28. The number of hydrogen-bond acceptors (Lipinski definition) is 3. The second kappa shape index (κ2) is 6.96. The lowest BCUT2D eigenvalue weighted by Gasteiger charge is -2.54. The van der Waals surface area contributed by atoms with Crippen LogP contribution in [0.3, 0.4) is 0 Å². The average molecular weight is 360 g/mol.